The topological polar surface area (TPSA) is 105 Å². The largest absolute Gasteiger partial charge is 0.468 e. The summed E-state index contributed by atoms with van der Waals surface area (Å²) in [5.74, 6) is -0.891. The van der Waals surface area contributed by atoms with Crippen LogP contribution in [0.3, 0.4) is 0 Å². The van der Waals surface area contributed by atoms with E-state index >= 15 is 0 Å². The predicted molar refractivity (Wildman–Crippen MR) is 83.7 cm³/mol. The molecule has 0 spiro atoms. The molecule has 2 N–H and O–H groups in total. The van der Waals surface area contributed by atoms with Crippen molar-refractivity contribution in [2.75, 3.05) is 20.2 Å². The van der Waals surface area contributed by atoms with Gasteiger partial charge in [-0.2, -0.15) is 17.9 Å². The predicted octanol–water partition coefficient (Wildman–Crippen LogP) is -0.0929. The molecule has 8 nitrogen and oxygen atoms in total. The van der Waals surface area contributed by atoms with Crippen LogP contribution in [0.4, 0.5) is 0 Å². The highest BCUT2D eigenvalue weighted by Crippen LogP contribution is 2.18. The molecule has 0 bridgehead atoms. The van der Waals surface area contributed by atoms with Crippen LogP contribution in [0.1, 0.15) is 44.9 Å². The second-order valence-corrected chi connectivity index (χ2v) is 7.58. The number of rotatable bonds is 6. The first-order valence-corrected chi connectivity index (χ1v) is 9.55. The molecule has 1 saturated carbocycles. The molecule has 0 radical (unpaired) electrons. The third kappa shape index (κ3) is 5.43. The van der Waals surface area contributed by atoms with Crippen LogP contribution in [0.15, 0.2) is 0 Å². The van der Waals surface area contributed by atoms with E-state index in [0.29, 0.717) is 19.4 Å². The SMILES string of the molecule is COC(=O)CN1CCC[C@H](NS(=O)(=O)NC2CCCCC2)C1=O. The molecule has 9 heteroatoms. The summed E-state index contributed by atoms with van der Waals surface area (Å²) in [6.45, 7) is 0.284. The zero-order valence-electron chi connectivity index (χ0n) is 13.4. The fourth-order valence-corrected chi connectivity index (χ4v) is 4.42. The van der Waals surface area contributed by atoms with Gasteiger partial charge in [-0.15, -0.1) is 0 Å². The van der Waals surface area contributed by atoms with E-state index in [1.165, 1.54) is 12.0 Å². The maximum Gasteiger partial charge on any atom is 0.325 e. The van der Waals surface area contributed by atoms with Gasteiger partial charge in [-0.25, -0.2) is 0 Å². The van der Waals surface area contributed by atoms with Crippen molar-refractivity contribution < 1.29 is 22.7 Å². The average molecular weight is 347 g/mol. The lowest BCUT2D eigenvalue weighted by atomic mass is 9.96. The highest BCUT2D eigenvalue weighted by molar-refractivity contribution is 7.87. The van der Waals surface area contributed by atoms with Crippen molar-refractivity contribution in [1.82, 2.24) is 14.3 Å². The lowest BCUT2D eigenvalue weighted by molar-refractivity contribution is -0.148. The smallest absolute Gasteiger partial charge is 0.325 e. The van der Waals surface area contributed by atoms with Crippen LogP contribution in [0.25, 0.3) is 0 Å². The number of esters is 1. The molecule has 1 heterocycles. The van der Waals surface area contributed by atoms with E-state index in [2.05, 4.69) is 14.2 Å². The molecule has 0 aromatic heterocycles. The second kappa shape index (κ2) is 8.07. The second-order valence-electron chi connectivity index (χ2n) is 6.10. The zero-order valence-corrected chi connectivity index (χ0v) is 14.2. The van der Waals surface area contributed by atoms with Gasteiger partial charge in [-0.05, 0) is 25.7 Å². The minimum absolute atomic E-state index is 0.0638. The maximum atomic E-state index is 12.3. The van der Waals surface area contributed by atoms with Crippen molar-refractivity contribution in [2.45, 2.75) is 57.0 Å². The molecule has 1 saturated heterocycles. The number of hydrogen-bond acceptors (Lipinski definition) is 5. The summed E-state index contributed by atoms with van der Waals surface area (Å²) in [7, 11) is -2.48. The third-order valence-electron chi connectivity index (χ3n) is 4.30. The van der Waals surface area contributed by atoms with Gasteiger partial charge >= 0.3 is 5.97 Å². The molecule has 0 unspecified atom stereocenters. The van der Waals surface area contributed by atoms with E-state index in [0.717, 1.165) is 32.1 Å². The summed E-state index contributed by atoms with van der Waals surface area (Å²) in [5, 5.41) is 0. The van der Waals surface area contributed by atoms with Gasteiger partial charge in [0, 0.05) is 12.6 Å². The zero-order chi connectivity index (χ0) is 16.9. The van der Waals surface area contributed by atoms with Crippen LogP contribution in [-0.4, -0.2) is 57.5 Å². The van der Waals surface area contributed by atoms with Crippen LogP contribution in [0, 0.1) is 0 Å². The third-order valence-corrected chi connectivity index (χ3v) is 5.54. The van der Waals surface area contributed by atoms with Gasteiger partial charge in [0.1, 0.15) is 12.6 Å². The van der Waals surface area contributed by atoms with E-state index in [1.54, 1.807) is 0 Å². The molecule has 132 valence electrons. The van der Waals surface area contributed by atoms with Crippen LogP contribution in [0.2, 0.25) is 0 Å². The van der Waals surface area contributed by atoms with E-state index in [-0.39, 0.29) is 18.5 Å². The van der Waals surface area contributed by atoms with Gasteiger partial charge in [0.2, 0.25) is 5.91 Å². The Hall–Kier alpha value is -1.19. The lowest BCUT2D eigenvalue weighted by Crippen LogP contribution is -2.56. The number of nitrogens with one attached hydrogen (secondary N) is 2. The Morgan fingerprint density at radius 3 is 2.52 bits per heavy atom. The van der Waals surface area contributed by atoms with Crippen molar-refractivity contribution in [3.8, 4) is 0 Å². The minimum Gasteiger partial charge on any atom is -0.468 e. The fourth-order valence-electron chi connectivity index (χ4n) is 3.09. The maximum absolute atomic E-state index is 12.3. The van der Waals surface area contributed by atoms with Gasteiger partial charge in [0.05, 0.1) is 7.11 Å². The van der Waals surface area contributed by atoms with Crippen LogP contribution in [0.5, 0.6) is 0 Å². The Labute approximate surface area is 137 Å². The van der Waals surface area contributed by atoms with E-state index < -0.39 is 22.2 Å². The molecule has 0 aromatic carbocycles. The molecule has 0 aromatic rings. The molecule has 2 aliphatic rings. The number of hydrogen-bond donors (Lipinski definition) is 2. The molecule has 2 fully saturated rings. The van der Waals surface area contributed by atoms with Crippen molar-refractivity contribution >= 4 is 22.1 Å². The summed E-state index contributed by atoms with van der Waals surface area (Å²) < 4.78 is 34.0. The number of amides is 1. The Morgan fingerprint density at radius 1 is 1.17 bits per heavy atom. The molecule has 1 amide bonds. The number of nitrogens with zero attached hydrogens (tertiary/aromatic N) is 1. The first-order chi connectivity index (χ1) is 10.9. The fraction of sp³-hybridized carbons (Fsp3) is 0.857. The van der Waals surface area contributed by atoms with Gasteiger partial charge in [-0.3, -0.25) is 9.59 Å². The van der Waals surface area contributed by atoms with E-state index in [1.807, 2.05) is 0 Å². The Kier molecular flexibility index (Phi) is 6.37. The summed E-state index contributed by atoms with van der Waals surface area (Å²) in [4.78, 5) is 25.0. The van der Waals surface area contributed by atoms with Crippen LogP contribution < -0.4 is 9.44 Å². The summed E-state index contributed by atoms with van der Waals surface area (Å²) in [5.41, 5.74) is 0. The molecule has 1 aliphatic carbocycles. The summed E-state index contributed by atoms with van der Waals surface area (Å²) >= 11 is 0. The molecular weight excluding hydrogens is 322 g/mol. The summed E-state index contributed by atoms with van der Waals surface area (Å²) in [6.07, 6.45) is 5.89. The highest BCUT2D eigenvalue weighted by atomic mass is 32.2. The summed E-state index contributed by atoms with van der Waals surface area (Å²) in [6, 6.07) is -0.888. The average Bonchev–Trinajstić information content (AvgIpc) is 2.51. The standard InChI is InChI=1S/C14H25N3O5S/c1-22-13(18)10-17-9-5-8-12(14(17)19)16-23(20,21)15-11-6-3-2-4-7-11/h11-12,15-16H,2-10H2,1H3/t12-/m0/s1. The molecule has 2 rings (SSSR count). The number of carbonyl (C=O) groups excluding carboxylic acids is 2. The molecule has 1 atom stereocenters. The monoisotopic (exact) mass is 347 g/mol. The Morgan fingerprint density at radius 2 is 1.87 bits per heavy atom. The molecular formula is C14H25N3O5S. The van der Waals surface area contributed by atoms with Crippen molar-refractivity contribution in [1.29, 1.82) is 0 Å². The van der Waals surface area contributed by atoms with Gasteiger partial charge in [0.15, 0.2) is 0 Å². The normalized spacial score (nSPS) is 23.8. The van der Waals surface area contributed by atoms with Crippen molar-refractivity contribution in [2.24, 2.45) is 0 Å². The number of methoxy groups -OCH3 is 1. The number of ether oxygens (including phenoxy) is 1. The van der Waals surface area contributed by atoms with Crippen molar-refractivity contribution in [3.63, 3.8) is 0 Å². The highest BCUT2D eigenvalue weighted by Gasteiger charge is 2.33. The van der Waals surface area contributed by atoms with Gasteiger partial charge in [0.25, 0.3) is 10.2 Å². The quantitative estimate of drug-likeness (QED) is 0.653. The minimum atomic E-state index is -3.73. The number of carbonyl (C=O) groups is 2. The number of likely N-dealkylation sites (tertiary alicyclic amines) is 1. The Bertz CT molecular complexity index is 531. The molecule has 23 heavy (non-hydrogen) atoms. The first kappa shape index (κ1) is 18.2. The van der Waals surface area contributed by atoms with Crippen LogP contribution >= 0.6 is 0 Å². The van der Waals surface area contributed by atoms with Gasteiger partial charge in [-0.1, -0.05) is 19.3 Å². The lowest BCUT2D eigenvalue weighted by Gasteiger charge is -2.32. The van der Waals surface area contributed by atoms with Gasteiger partial charge < -0.3 is 9.64 Å². The first-order valence-electron chi connectivity index (χ1n) is 8.06. The van der Waals surface area contributed by atoms with E-state index in [9.17, 15) is 18.0 Å². The Balaban J connectivity index is 1.92. The van der Waals surface area contributed by atoms with Crippen molar-refractivity contribution in [3.05, 3.63) is 0 Å². The molecule has 1 aliphatic heterocycles. The van der Waals surface area contributed by atoms with E-state index in [4.69, 9.17) is 0 Å². The number of piperidine rings is 1. The van der Waals surface area contributed by atoms with Crippen LogP contribution in [-0.2, 0) is 24.5 Å².